The normalized spacial score (nSPS) is 20.8. The minimum absolute atomic E-state index is 0.0226. The molecule has 19 heteroatoms. The molecule has 1 aliphatic heterocycles. The number of alkyl halides is 1. The molecule has 0 bridgehead atoms. The van der Waals surface area contributed by atoms with Gasteiger partial charge in [0.15, 0.2) is 10.8 Å². The predicted molar refractivity (Wildman–Crippen MR) is 109 cm³/mol. The highest BCUT2D eigenvalue weighted by Crippen LogP contribution is 2.28. The molecule has 1 saturated heterocycles. The molecule has 0 aliphatic carbocycles. The van der Waals surface area contributed by atoms with Crippen LogP contribution in [0.25, 0.3) is 0 Å². The molecule has 2 heterocycles. The number of oxime groups is 1. The van der Waals surface area contributed by atoms with E-state index in [0.717, 1.165) is 25.4 Å². The van der Waals surface area contributed by atoms with E-state index in [4.69, 9.17) is 11.6 Å². The predicted octanol–water partition coefficient (Wildman–Crippen LogP) is -1.63. The summed E-state index contributed by atoms with van der Waals surface area (Å²) in [6, 6.07) is -3.18. The Bertz CT molecular complexity index is 1060. The van der Waals surface area contributed by atoms with Gasteiger partial charge >= 0.3 is 10.3 Å². The monoisotopic (exact) mass is 532 g/mol. The van der Waals surface area contributed by atoms with Crippen molar-refractivity contribution < 1.29 is 45.1 Å². The van der Waals surface area contributed by atoms with E-state index in [-0.39, 0.29) is 21.0 Å². The average molecular weight is 533 g/mol. The van der Waals surface area contributed by atoms with E-state index in [1.54, 1.807) is 0 Å². The van der Waals surface area contributed by atoms with Crippen molar-refractivity contribution in [3.05, 3.63) is 11.1 Å². The summed E-state index contributed by atoms with van der Waals surface area (Å²) >= 11 is 3.23. The van der Waals surface area contributed by atoms with Gasteiger partial charge < -0.3 is 20.0 Å². The van der Waals surface area contributed by atoms with Crippen molar-refractivity contribution in [1.82, 2.24) is 14.6 Å². The van der Waals surface area contributed by atoms with Crippen LogP contribution in [0, 0.1) is 0 Å². The van der Waals surface area contributed by atoms with Gasteiger partial charge in [-0.1, -0.05) is 5.16 Å². The highest BCUT2D eigenvalue weighted by atomic mass is 35.5. The van der Waals surface area contributed by atoms with Gasteiger partial charge in [-0.05, 0) is 6.92 Å². The summed E-state index contributed by atoms with van der Waals surface area (Å²) in [5.74, 6) is -3.19. The van der Waals surface area contributed by atoms with Crippen molar-refractivity contribution in [1.29, 1.82) is 0 Å². The van der Waals surface area contributed by atoms with Gasteiger partial charge in [0, 0.05) is 5.38 Å². The minimum Gasteiger partial charge on any atom is -0.750 e. The first-order valence-electron chi connectivity index (χ1n) is 8.21. The summed E-state index contributed by atoms with van der Waals surface area (Å²) in [5.41, 5.74) is -0.521. The number of halogens is 1. The summed E-state index contributed by atoms with van der Waals surface area (Å²) in [7, 11) is -3.95. The molecule has 178 valence electrons. The standard InChI is InChI=1S/C13H16ClN5O10S3/c1-5(29-31(23)24)10-9(12(22)19(10)32(25,26)27)17-11(21)8(18-28-2)6-4-30-13(15-6)16-7(20)3-14/h4-5,9-10H,3H2,1-2H3,(H,17,21)(H,23,24)(H,15,16,20)(H,25,26,27)/p-1. The number of carbonyl (C=O) groups excluding carboxylic acids is 3. The summed E-state index contributed by atoms with van der Waals surface area (Å²) < 4.78 is 58.2. The second-order valence-corrected chi connectivity index (χ2v) is 8.92. The minimum atomic E-state index is -5.07. The highest BCUT2D eigenvalue weighted by molar-refractivity contribution is 7.84. The van der Waals surface area contributed by atoms with Crippen LogP contribution in [-0.2, 0) is 45.1 Å². The van der Waals surface area contributed by atoms with E-state index in [1.165, 1.54) is 5.38 Å². The van der Waals surface area contributed by atoms with Gasteiger partial charge in [-0.15, -0.1) is 22.9 Å². The van der Waals surface area contributed by atoms with Crippen LogP contribution < -0.4 is 10.6 Å². The van der Waals surface area contributed by atoms with Gasteiger partial charge in [0.2, 0.25) is 5.91 Å². The number of thiazole rings is 1. The van der Waals surface area contributed by atoms with Crippen LogP contribution in [0.5, 0.6) is 0 Å². The molecule has 2 rings (SSSR count). The average Bonchev–Trinajstić information content (AvgIpc) is 3.13. The SMILES string of the molecule is CON=C(C(=O)NC1C(=O)N(S(=O)(=O)O)C1C(C)OS(=O)[O-])c1csc(NC(=O)CCl)n1. The zero-order chi connectivity index (χ0) is 24.2. The molecular weight excluding hydrogens is 518 g/mol. The summed E-state index contributed by atoms with van der Waals surface area (Å²) in [4.78, 5) is 44.9. The zero-order valence-corrected chi connectivity index (χ0v) is 19.3. The largest absolute Gasteiger partial charge is 0.750 e. The van der Waals surface area contributed by atoms with Gasteiger partial charge in [0.25, 0.3) is 11.8 Å². The molecule has 1 aliphatic rings. The maximum atomic E-state index is 12.7. The Kier molecular flexibility index (Phi) is 8.62. The van der Waals surface area contributed by atoms with E-state index in [9.17, 15) is 36.1 Å². The molecule has 0 aromatic carbocycles. The van der Waals surface area contributed by atoms with Crippen molar-refractivity contribution in [2.45, 2.75) is 25.1 Å². The summed E-state index contributed by atoms with van der Waals surface area (Å²) in [6.07, 6.45) is -1.46. The van der Waals surface area contributed by atoms with Crippen molar-refractivity contribution in [3.63, 3.8) is 0 Å². The maximum absolute atomic E-state index is 12.7. The van der Waals surface area contributed by atoms with Gasteiger partial charge in [-0.25, -0.2) is 13.5 Å². The van der Waals surface area contributed by atoms with Crippen LogP contribution in [0.3, 0.4) is 0 Å². The van der Waals surface area contributed by atoms with E-state index in [1.807, 2.05) is 0 Å². The summed E-state index contributed by atoms with van der Waals surface area (Å²) in [5, 5.41) is 9.46. The molecule has 15 nitrogen and oxygen atoms in total. The van der Waals surface area contributed by atoms with Crippen molar-refractivity contribution in [2.75, 3.05) is 18.3 Å². The third-order valence-corrected chi connectivity index (χ3v) is 6.24. The number of anilines is 1. The fourth-order valence-corrected chi connectivity index (χ4v) is 4.72. The Morgan fingerprint density at radius 3 is 2.72 bits per heavy atom. The molecule has 1 aromatic rings. The molecule has 0 saturated carbocycles. The molecule has 1 aromatic heterocycles. The van der Waals surface area contributed by atoms with E-state index in [0.29, 0.717) is 0 Å². The maximum Gasteiger partial charge on any atom is 0.362 e. The number of aromatic nitrogens is 1. The molecule has 1 fully saturated rings. The van der Waals surface area contributed by atoms with E-state index in [2.05, 4.69) is 29.8 Å². The number of amides is 3. The van der Waals surface area contributed by atoms with Crippen LogP contribution in [0.15, 0.2) is 10.5 Å². The third-order valence-electron chi connectivity index (χ3n) is 3.85. The fraction of sp³-hybridized carbons (Fsp3) is 0.462. The van der Waals surface area contributed by atoms with Gasteiger partial charge in [0.05, 0.1) is 17.5 Å². The topological polar surface area (TPSA) is 217 Å². The highest BCUT2D eigenvalue weighted by Gasteiger charge is 2.57. The van der Waals surface area contributed by atoms with Crippen LogP contribution in [0.2, 0.25) is 0 Å². The lowest BCUT2D eigenvalue weighted by molar-refractivity contribution is -0.148. The number of rotatable bonds is 10. The van der Waals surface area contributed by atoms with Crippen molar-refractivity contribution >= 4 is 73.2 Å². The molecule has 3 amide bonds. The number of nitrogens with one attached hydrogen (secondary N) is 2. The lowest BCUT2D eigenvalue weighted by atomic mass is 9.94. The third kappa shape index (κ3) is 5.97. The number of hydrogen-bond donors (Lipinski definition) is 3. The Hall–Kier alpha value is -2.22. The van der Waals surface area contributed by atoms with Gasteiger partial charge in [-0.2, -0.15) is 8.42 Å². The van der Waals surface area contributed by atoms with Crippen LogP contribution in [-0.4, -0.2) is 85.6 Å². The Labute approximate surface area is 192 Å². The number of carbonyl (C=O) groups is 3. The Morgan fingerprint density at radius 2 is 2.19 bits per heavy atom. The Balaban J connectivity index is 2.26. The first-order valence-corrected chi connectivity index (χ1v) is 12.0. The van der Waals surface area contributed by atoms with Gasteiger partial charge in [0.1, 0.15) is 30.8 Å². The smallest absolute Gasteiger partial charge is 0.362 e. The number of nitrogens with zero attached hydrogens (tertiary/aromatic N) is 3. The number of hydrogen-bond acceptors (Lipinski definition) is 12. The molecule has 0 spiro atoms. The first-order chi connectivity index (χ1) is 14.9. The first kappa shape index (κ1) is 26.0. The van der Waals surface area contributed by atoms with E-state index >= 15 is 0 Å². The summed E-state index contributed by atoms with van der Waals surface area (Å²) in [6.45, 7) is 1.11. The lowest BCUT2D eigenvalue weighted by Crippen LogP contribution is -2.75. The fourth-order valence-electron chi connectivity index (χ4n) is 2.64. The van der Waals surface area contributed by atoms with Crippen molar-refractivity contribution in [2.24, 2.45) is 5.16 Å². The second-order valence-electron chi connectivity index (χ2n) is 5.90. The van der Waals surface area contributed by atoms with Crippen molar-refractivity contribution in [3.8, 4) is 0 Å². The molecular formula is C13H15ClN5O10S3-. The van der Waals surface area contributed by atoms with Crippen LogP contribution in [0.1, 0.15) is 12.6 Å². The number of β-lactam (4-membered cyclic amide) rings is 1. The van der Waals surface area contributed by atoms with Crippen LogP contribution in [0.4, 0.5) is 5.13 Å². The van der Waals surface area contributed by atoms with Crippen LogP contribution >= 0.6 is 22.9 Å². The second kappa shape index (κ2) is 10.6. The quantitative estimate of drug-likeness (QED) is 0.0775. The molecule has 0 radical (unpaired) electrons. The molecule has 3 N–H and O–H groups in total. The lowest BCUT2D eigenvalue weighted by Gasteiger charge is -2.46. The van der Waals surface area contributed by atoms with Gasteiger partial charge in [-0.3, -0.25) is 23.1 Å². The molecule has 4 unspecified atom stereocenters. The molecule has 32 heavy (non-hydrogen) atoms. The molecule has 4 atom stereocenters. The van der Waals surface area contributed by atoms with E-state index < -0.39 is 63.3 Å². The zero-order valence-electron chi connectivity index (χ0n) is 16.1. The Morgan fingerprint density at radius 1 is 1.53 bits per heavy atom.